The van der Waals surface area contributed by atoms with Gasteiger partial charge in [-0.1, -0.05) is 6.07 Å². The van der Waals surface area contributed by atoms with Crippen molar-refractivity contribution in [1.29, 1.82) is 0 Å². The van der Waals surface area contributed by atoms with Crippen molar-refractivity contribution in [2.45, 2.75) is 60.0 Å². The van der Waals surface area contributed by atoms with Gasteiger partial charge in [0.2, 0.25) is 5.89 Å². The van der Waals surface area contributed by atoms with Crippen molar-refractivity contribution in [3.05, 3.63) is 46.7 Å². The number of alkyl halides is 3. The fourth-order valence-corrected chi connectivity index (χ4v) is 2.58. The normalized spacial score (nSPS) is 12.0. The molecule has 0 saturated carbocycles. The summed E-state index contributed by atoms with van der Waals surface area (Å²) < 4.78 is 51.4. The summed E-state index contributed by atoms with van der Waals surface area (Å²) in [6.45, 7) is 9.74. The summed E-state index contributed by atoms with van der Waals surface area (Å²) >= 11 is 0. The zero-order chi connectivity index (χ0) is 21.6. The standard InChI is InChI=1S/C20H27F3N4O2.HI/c1-6-24-19(26-11-18-27-13(4)14(5)29-18)25-10-15-7-8-16(28-12(2)3)9-17(15)20(21,22)23;/h7-9,12H,6,10-11H2,1-5H3,(H2,24,25,26);1H. The Morgan fingerprint density at radius 1 is 1.23 bits per heavy atom. The Hall–Kier alpha value is -1.98. The quantitative estimate of drug-likeness (QED) is 0.295. The van der Waals surface area contributed by atoms with Crippen LogP contribution in [0.5, 0.6) is 5.75 Å². The molecule has 0 saturated heterocycles. The molecule has 0 radical (unpaired) electrons. The van der Waals surface area contributed by atoms with E-state index in [4.69, 9.17) is 9.15 Å². The van der Waals surface area contributed by atoms with Gasteiger partial charge in [-0.25, -0.2) is 9.98 Å². The van der Waals surface area contributed by atoms with Gasteiger partial charge in [-0.2, -0.15) is 13.2 Å². The first kappa shape index (κ1) is 26.1. The number of aromatic nitrogens is 1. The van der Waals surface area contributed by atoms with E-state index < -0.39 is 11.7 Å². The van der Waals surface area contributed by atoms with Crippen molar-refractivity contribution in [3.63, 3.8) is 0 Å². The zero-order valence-corrected chi connectivity index (χ0v) is 20.0. The highest BCUT2D eigenvalue weighted by molar-refractivity contribution is 14.0. The molecule has 168 valence electrons. The lowest BCUT2D eigenvalue weighted by Crippen LogP contribution is -2.36. The lowest BCUT2D eigenvalue weighted by Gasteiger charge is -2.16. The Morgan fingerprint density at radius 2 is 1.93 bits per heavy atom. The van der Waals surface area contributed by atoms with Crippen LogP contribution in [0.15, 0.2) is 27.6 Å². The molecule has 0 unspecified atom stereocenters. The number of hydrogen-bond donors (Lipinski definition) is 2. The number of ether oxygens (including phenoxy) is 1. The minimum Gasteiger partial charge on any atom is -0.491 e. The van der Waals surface area contributed by atoms with Crippen LogP contribution in [0.1, 0.15) is 49.2 Å². The van der Waals surface area contributed by atoms with Gasteiger partial charge >= 0.3 is 6.18 Å². The van der Waals surface area contributed by atoms with Crippen LogP contribution in [-0.2, 0) is 19.3 Å². The molecule has 0 spiro atoms. The van der Waals surface area contributed by atoms with E-state index in [1.54, 1.807) is 13.8 Å². The summed E-state index contributed by atoms with van der Waals surface area (Å²) in [5, 5.41) is 6.02. The molecule has 0 aliphatic rings. The topological polar surface area (TPSA) is 71.7 Å². The molecule has 2 N–H and O–H groups in total. The molecular formula is C20H28F3IN4O2. The molecule has 1 aromatic heterocycles. The van der Waals surface area contributed by atoms with E-state index in [0.29, 0.717) is 18.4 Å². The number of aryl methyl sites for hydroxylation is 2. The maximum Gasteiger partial charge on any atom is 0.416 e. The highest BCUT2D eigenvalue weighted by atomic mass is 127. The Kier molecular flexibility index (Phi) is 9.92. The maximum absolute atomic E-state index is 13.5. The average molecular weight is 540 g/mol. The lowest BCUT2D eigenvalue weighted by atomic mass is 10.1. The molecule has 0 bridgehead atoms. The van der Waals surface area contributed by atoms with E-state index in [1.165, 1.54) is 12.1 Å². The number of oxazole rings is 1. The molecule has 10 heteroatoms. The number of nitrogens with one attached hydrogen (secondary N) is 2. The number of hydrogen-bond acceptors (Lipinski definition) is 4. The minimum atomic E-state index is -4.50. The average Bonchev–Trinajstić information content (AvgIpc) is 2.94. The predicted molar refractivity (Wildman–Crippen MR) is 120 cm³/mol. The van der Waals surface area contributed by atoms with E-state index in [0.717, 1.165) is 17.5 Å². The van der Waals surface area contributed by atoms with Crippen molar-refractivity contribution < 1.29 is 22.3 Å². The number of rotatable bonds is 7. The zero-order valence-electron chi connectivity index (χ0n) is 17.7. The van der Waals surface area contributed by atoms with Gasteiger partial charge in [0.25, 0.3) is 0 Å². The first-order chi connectivity index (χ1) is 13.6. The largest absolute Gasteiger partial charge is 0.491 e. The number of benzene rings is 1. The monoisotopic (exact) mass is 540 g/mol. The molecular weight excluding hydrogens is 512 g/mol. The van der Waals surface area contributed by atoms with Crippen LogP contribution in [-0.4, -0.2) is 23.6 Å². The van der Waals surface area contributed by atoms with Crippen LogP contribution < -0.4 is 15.4 Å². The molecule has 2 aromatic rings. The van der Waals surface area contributed by atoms with E-state index in [-0.39, 0.29) is 54.5 Å². The molecule has 0 amide bonds. The molecule has 2 rings (SSSR count). The third kappa shape index (κ3) is 7.69. The fourth-order valence-electron chi connectivity index (χ4n) is 2.58. The van der Waals surface area contributed by atoms with Gasteiger partial charge in [0.1, 0.15) is 11.5 Å². The molecule has 0 fully saturated rings. The molecule has 6 nitrogen and oxygen atoms in total. The summed E-state index contributed by atoms with van der Waals surface area (Å²) in [6.07, 6.45) is -4.72. The summed E-state index contributed by atoms with van der Waals surface area (Å²) in [4.78, 5) is 8.54. The van der Waals surface area contributed by atoms with Crippen LogP contribution in [0.2, 0.25) is 0 Å². The third-order valence-corrected chi connectivity index (χ3v) is 3.99. The molecule has 0 aliphatic carbocycles. The second kappa shape index (κ2) is 11.4. The SMILES string of the molecule is CCNC(=NCc1ccc(OC(C)C)cc1C(F)(F)F)NCc1nc(C)c(C)o1.I. The van der Waals surface area contributed by atoms with E-state index in [2.05, 4.69) is 20.6 Å². The Bertz CT molecular complexity index is 832. The van der Waals surface area contributed by atoms with Crippen LogP contribution in [0.4, 0.5) is 13.2 Å². The highest BCUT2D eigenvalue weighted by Crippen LogP contribution is 2.35. The first-order valence-corrected chi connectivity index (χ1v) is 9.42. The Labute approximate surface area is 191 Å². The Morgan fingerprint density at radius 3 is 2.47 bits per heavy atom. The maximum atomic E-state index is 13.5. The third-order valence-electron chi connectivity index (χ3n) is 3.99. The Balaban J connectivity index is 0.00000450. The highest BCUT2D eigenvalue weighted by Gasteiger charge is 2.33. The van der Waals surface area contributed by atoms with Gasteiger partial charge < -0.3 is 19.8 Å². The van der Waals surface area contributed by atoms with Crippen molar-refractivity contribution in [1.82, 2.24) is 15.6 Å². The smallest absolute Gasteiger partial charge is 0.416 e. The van der Waals surface area contributed by atoms with Crippen molar-refractivity contribution in [3.8, 4) is 5.75 Å². The second-order valence-electron chi connectivity index (χ2n) is 6.78. The van der Waals surface area contributed by atoms with Crippen LogP contribution in [0.3, 0.4) is 0 Å². The van der Waals surface area contributed by atoms with Crippen molar-refractivity contribution >= 4 is 29.9 Å². The van der Waals surface area contributed by atoms with Crippen LogP contribution in [0, 0.1) is 13.8 Å². The lowest BCUT2D eigenvalue weighted by molar-refractivity contribution is -0.138. The van der Waals surface area contributed by atoms with Gasteiger partial charge in [0, 0.05) is 6.54 Å². The molecule has 0 aliphatic heterocycles. The number of halogens is 4. The molecule has 1 heterocycles. The van der Waals surface area contributed by atoms with E-state index in [1.807, 2.05) is 20.8 Å². The second-order valence-corrected chi connectivity index (χ2v) is 6.78. The minimum absolute atomic E-state index is 0. The van der Waals surface area contributed by atoms with Gasteiger partial charge in [0.15, 0.2) is 5.96 Å². The summed E-state index contributed by atoms with van der Waals surface area (Å²) in [6, 6.07) is 3.94. The number of nitrogens with zero attached hydrogens (tertiary/aromatic N) is 2. The van der Waals surface area contributed by atoms with E-state index >= 15 is 0 Å². The van der Waals surface area contributed by atoms with Gasteiger partial charge in [-0.3, -0.25) is 0 Å². The predicted octanol–water partition coefficient (Wildman–Crippen LogP) is 4.97. The van der Waals surface area contributed by atoms with Crippen molar-refractivity contribution in [2.75, 3.05) is 6.54 Å². The number of aliphatic imine (C=N–C) groups is 1. The molecule has 0 atom stereocenters. The molecule has 1 aromatic carbocycles. The van der Waals surface area contributed by atoms with Gasteiger partial charge in [0.05, 0.1) is 30.5 Å². The summed E-state index contributed by atoms with van der Waals surface area (Å²) in [7, 11) is 0. The fraction of sp³-hybridized carbons (Fsp3) is 0.500. The van der Waals surface area contributed by atoms with Gasteiger partial charge in [-0.15, -0.1) is 24.0 Å². The van der Waals surface area contributed by atoms with Gasteiger partial charge in [-0.05, 0) is 52.3 Å². The first-order valence-electron chi connectivity index (χ1n) is 9.42. The summed E-state index contributed by atoms with van der Waals surface area (Å²) in [5.41, 5.74) is 0.102. The number of guanidine groups is 1. The van der Waals surface area contributed by atoms with Crippen LogP contribution in [0.25, 0.3) is 0 Å². The van der Waals surface area contributed by atoms with E-state index in [9.17, 15) is 13.2 Å². The van der Waals surface area contributed by atoms with Crippen LogP contribution >= 0.6 is 24.0 Å². The molecule has 30 heavy (non-hydrogen) atoms. The summed E-state index contributed by atoms with van der Waals surface area (Å²) in [5.74, 6) is 1.76. The van der Waals surface area contributed by atoms with Crippen molar-refractivity contribution in [2.24, 2.45) is 4.99 Å².